The molecule has 0 atom stereocenters. The van der Waals surface area contributed by atoms with Gasteiger partial charge in [-0.2, -0.15) is 0 Å². The van der Waals surface area contributed by atoms with Crippen molar-refractivity contribution >= 4 is 6.08 Å². The second-order valence-corrected chi connectivity index (χ2v) is 2.82. The molecule has 0 unspecified atom stereocenters. The molecule has 0 aliphatic rings. The average Bonchev–Trinajstić information content (AvgIpc) is 2.03. The Labute approximate surface area is 80.1 Å². The summed E-state index contributed by atoms with van der Waals surface area (Å²) in [6.07, 6.45) is 4.24. The first-order valence-corrected chi connectivity index (χ1v) is 3.82. The minimum atomic E-state index is 0. The number of rotatable bonds is 2. The van der Waals surface area contributed by atoms with Gasteiger partial charge < -0.3 is 17.3 Å². The zero-order valence-electron chi connectivity index (χ0n) is 7.42. The second-order valence-electron chi connectivity index (χ2n) is 2.82. The van der Waals surface area contributed by atoms with Crippen LogP contribution in [0, 0.1) is 0 Å². The maximum atomic E-state index is 2.12. The van der Waals surface area contributed by atoms with Crippen LogP contribution in [0.1, 0.15) is 5.56 Å². The lowest BCUT2D eigenvalue weighted by Gasteiger charge is -1.96. The summed E-state index contributed by atoms with van der Waals surface area (Å²) in [6, 6.07) is 10.3. The molecular formula is C10H14ClN. The highest BCUT2D eigenvalue weighted by Gasteiger charge is 1.84. The highest BCUT2D eigenvalue weighted by atomic mass is 35.5. The molecule has 0 saturated heterocycles. The SMILES string of the molecule is C[NH+](C)C=Cc1ccccc1.[Cl-]. The molecule has 2 heteroatoms. The lowest BCUT2D eigenvalue weighted by atomic mass is 10.2. The van der Waals surface area contributed by atoms with E-state index in [9.17, 15) is 0 Å². The van der Waals surface area contributed by atoms with E-state index in [0.29, 0.717) is 0 Å². The van der Waals surface area contributed by atoms with Crippen molar-refractivity contribution in [1.82, 2.24) is 0 Å². The van der Waals surface area contributed by atoms with Crippen LogP contribution in [0.3, 0.4) is 0 Å². The first-order valence-electron chi connectivity index (χ1n) is 3.82. The van der Waals surface area contributed by atoms with Crippen molar-refractivity contribution < 1.29 is 17.3 Å². The van der Waals surface area contributed by atoms with E-state index in [0.717, 1.165) is 0 Å². The van der Waals surface area contributed by atoms with Crippen LogP contribution in [0.25, 0.3) is 6.08 Å². The van der Waals surface area contributed by atoms with Crippen LogP contribution in [0.4, 0.5) is 0 Å². The number of halogens is 1. The standard InChI is InChI=1S/C10H13N.ClH/c1-11(2)9-8-10-6-4-3-5-7-10;/h3-9H,1-2H3;1H. The summed E-state index contributed by atoms with van der Waals surface area (Å²) >= 11 is 0. The normalized spacial score (nSPS) is 10.2. The molecule has 1 aromatic rings. The van der Waals surface area contributed by atoms with Gasteiger partial charge in [-0.1, -0.05) is 30.3 Å². The van der Waals surface area contributed by atoms with Crippen molar-refractivity contribution in [3.63, 3.8) is 0 Å². The third kappa shape index (κ3) is 4.16. The molecule has 0 aliphatic heterocycles. The largest absolute Gasteiger partial charge is 1.00 e. The number of quaternary nitrogens is 1. The van der Waals surface area contributed by atoms with Crippen LogP contribution >= 0.6 is 0 Å². The summed E-state index contributed by atoms with van der Waals surface area (Å²) in [7, 11) is 4.19. The van der Waals surface area contributed by atoms with Crippen LogP contribution in [0.5, 0.6) is 0 Å². The molecule has 0 radical (unpaired) electrons. The summed E-state index contributed by atoms with van der Waals surface area (Å²) in [5.41, 5.74) is 1.26. The summed E-state index contributed by atoms with van der Waals surface area (Å²) in [6.45, 7) is 0. The summed E-state index contributed by atoms with van der Waals surface area (Å²) in [5, 5.41) is 0. The number of nitrogens with one attached hydrogen (secondary N) is 1. The maximum absolute atomic E-state index is 2.12. The van der Waals surface area contributed by atoms with E-state index < -0.39 is 0 Å². The second kappa shape index (κ2) is 5.81. The van der Waals surface area contributed by atoms with Crippen LogP contribution in [-0.4, -0.2) is 14.1 Å². The maximum Gasteiger partial charge on any atom is 0.0943 e. The molecule has 1 nitrogen and oxygen atoms in total. The Kier molecular flexibility index (Phi) is 5.43. The molecule has 66 valence electrons. The van der Waals surface area contributed by atoms with Crippen molar-refractivity contribution in [2.24, 2.45) is 0 Å². The fourth-order valence-corrected chi connectivity index (χ4v) is 0.827. The summed E-state index contributed by atoms with van der Waals surface area (Å²) < 4.78 is 0. The molecule has 1 rings (SSSR count). The first-order chi connectivity index (χ1) is 5.29. The molecule has 0 aliphatic carbocycles. The van der Waals surface area contributed by atoms with Crippen LogP contribution in [0.2, 0.25) is 0 Å². The van der Waals surface area contributed by atoms with E-state index in [2.05, 4.69) is 38.5 Å². The molecule has 0 spiro atoms. The number of hydrogen-bond acceptors (Lipinski definition) is 0. The molecule has 12 heavy (non-hydrogen) atoms. The Bertz CT molecular complexity index is 229. The van der Waals surface area contributed by atoms with E-state index in [4.69, 9.17) is 0 Å². The van der Waals surface area contributed by atoms with E-state index in [1.807, 2.05) is 18.2 Å². The average molecular weight is 184 g/mol. The molecule has 1 aromatic carbocycles. The smallest absolute Gasteiger partial charge is 0.0943 e. The van der Waals surface area contributed by atoms with Crippen LogP contribution < -0.4 is 17.3 Å². The Balaban J connectivity index is 0.00000121. The van der Waals surface area contributed by atoms with Crippen molar-refractivity contribution in [1.29, 1.82) is 0 Å². The van der Waals surface area contributed by atoms with Crippen molar-refractivity contribution in [3.8, 4) is 0 Å². The molecular weight excluding hydrogens is 170 g/mol. The van der Waals surface area contributed by atoms with Gasteiger partial charge in [0.1, 0.15) is 0 Å². The Hall–Kier alpha value is -0.790. The van der Waals surface area contributed by atoms with Gasteiger partial charge in [-0.15, -0.1) is 0 Å². The van der Waals surface area contributed by atoms with Gasteiger partial charge in [0.05, 0.1) is 20.3 Å². The number of hydrogen-bond donors (Lipinski definition) is 1. The van der Waals surface area contributed by atoms with Gasteiger partial charge in [0.25, 0.3) is 0 Å². The molecule has 0 amide bonds. The highest BCUT2D eigenvalue weighted by molar-refractivity contribution is 5.47. The van der Waals surface area contributed by atoms with E-state index in [1.165, 1.54) is 10.5 Å². The molecule has 0 aromatic heterocycles. The topological polar surface area (TPSA) is 4.44 Å². The Morgan fingerprint density at radius 2 is 1.67 bits per heavy atom. The molecule has 0 bridgehead atoms. The molecule has 1 N–H and O–H groups in total. The fourth-order valence-electron chi connectivity index (χ4n) is 0.827. The summed E-state index contributed by atoms with van der Waals surface area (Å²) in [5.74, 6) is 0. The zero-order chi connectivity index (χ0) is 8.10. The molecule has 0 saturated carbocycles. The van der Waals surface area contributed by atoms with Crippen molar-refractivity contribution in [2.75, 3.05) is 14.1 Å². The quantitative estimate of drug-likeness (QED) is 0.531. The minimum Gasteiger partial charge on any atom is -1.00 e. The van der Waals surface area contributed by atoms with Gasteiger partial charge in [0.2, 0.25) is 0 Å². The monoisotopic (exact) mass is 183 g/mol. The van der Waals surface area contributed by atoms with Gasteiger partial charge in [-0.25, -0.2) is 0 Å². The minimum absolute atomic E-state index is 0. The lowest BCUT2D eigenvalue weighted by molar-refractivity contribution is -0.800. The Morgan fingerprint density at radius 1 is 1.08 bits per heavy atom. The van der Waals surface area contributed by atoms with Gasteiger partial charge >= 0.3 is 0 Å². The van der Waals surface area contributed by atoms with Crippen molar-refractivity contribution in [2.45, 2.75) is 0 Å². The predicted molar refractivity (Wildman–Crippen MR) is 48.3 cm³/mol. The first kappa shape index (κ1) is 11.2. The molecule has 0 heterocycles. The zero-order valence-corrected chi connectivity index (χ0v) is 8.18. The number of benzene rings is 1. The highest BCUT2D eigenvalue weighted by Crippen LogP contribution is 1.98. The van der Waals surface area contributed by atoms with Gasteiger partial charge in [0, 0.05) is 0 Å². The fraction of sp³-hybridized carbons (Fsp3) is 0.200. The predicted octanol–water partition coefficient (Wildman–Crippen LogP) is -2.19. The van der Waals surface area contributed by atoms with Crippen LogP contribution in [-0.2, 0) is 0 Å². The van der Waals surface area contributed by atoms with Gasteiger partial charge in [-0.05, 0) is 11.6 Å². The van der Waals surface area contributed by atoms with Gasteiger partial charge in [0.15, 0.2) is 0 Å². The van der Waals surface area contributed by atoms with Crippen molar-refractivity contribution in [3.05, 3.63) is 42.1 Å². The van der Waals surface area contributed by atoms with E-state index in [-0.39, 0.29) is 12.4 Å². The third-order valence-corrected chi connectivity index (χ3v) is 1.41. The lowest BCUT2D eigenvalue weighted by Crippen LogP contribution is -3.00. The van der Waals surface area contributed by atoms with Gasteiger partial charge in [-0.3, -0.25) is 0 Å². The molecule has 0 fully saturated rings. The Morgan fingerprint density at radius 3 is 2.17 bits per heavy atom. The van der Waals surface area contributed by atoms with Crippen LogP contribution in [0.15, 0.2) is 36.5 Å². The third-order valence-electron chi connectivity index (χ3n) is 1.41. The van der Waals surface area contributed by atoms with E-state index >= 15 is 0 Å². The van der Waals surface area contributed by atoms with E-state index in [1.54, 1.807) is 0 Å². The summed E-state index contributed by atoms with van der Waals surface area (Å²) in [4.78, 5) is 1.33.